The zero-order valence-corrected chi connectivity index (χ0v) is 17.3. The van der Waals surface area contributed by atoms with Gasteiger partial charge in [-0.1, -0.05) is 32.4 Å². The second kappa shape index (κ2) is 10.5. The fourth-order valence-electron chi connectivity index (χ4n) is 2.93. The van der Waals surface area contributed by atoms with Gasteiger partial charge < -0.3 is 15.5 Å². The maximum atomic E-state index is 12.6. The molecule has 2 amide bonds. The van der Waals surface area contributed by atoms with Crippen molar-refractivity contribution >= 4 is 23.2 Å². The van der Waals surface area contributed by atoms with Crippen LogP contribution in [0, 0.1) is 0 Å². The van der Waals surface area contributed by atoms with Crippen LogP contribution in [0.1, 0.15) is 59.4 Å². The van der Waals surface area contributed by atoms with Gasteiger partial charge >= 0.3 is 0 Å². The third kappa shape index (κ3) is 5.84. The highest BCUT2D eigenvalue weighted by Crippen LogP contribution is 2.23. The zero-order chi connectivity index (χ0) is 20.5. The van der Waals surface area contributed by atoms with E-state index in [1.807, 2.05) is 62.3 Å². The molecule has 0 spiro atoms. The van der Waals surface area contributed by atoms with Crippen LogP contribution in [0.4, 0.5) is 11.4 Å². The molecule has 28 heavy (non-hydrogen) atoms. The minimum Gasteiger partial charge on any atom is -0.377 e. The van der Waals surface area contributed by atoms with Gasteiger partial charge in [-0.15, -0.1) is 0 Å². The average Bonchev–Trinajstić information content (AvgIpc) is 2.70. The molecule has 0 aliphatic carbocycles. The Morgan fingerprint density at radius 1 is 0.929 bits per heavy atom. The molecule has 2 aromatic carbocycles. The molecule has 2 aromatic rings. The molecule has 0 aliphatic heterocycles. The fraction of sp³-hybridized carbons (Fsp3) is 0.391. The quantitative estimate of drug-likeness (QED) is 0.673. The lowest BCUT2D eigenvalue weighted by molar-refractivity contribution is 0.0952. The first-order valence-corrected chi connectivity index (χ1v) is 9.96. The van der Waals surface area contributed by atoms with Crippen LogP contribution in [0.2, 0.25) is 0 Å². The average molecular weight is 382 g/mol. The molecule has 0 bridgehead atoms. The van der Waals surface area contributed by atoms with E-state index >= 15 is 0 Å². The number of unbranched alkanes of at least 4 members (excludes halogenated alkanes) is 1. The molecule has 5 nitrogen and oxygen atoms in total. The molecular formula is C23H31N3O2. The van der Waals surface area contributed by atoms with Gasteiger partial charge in [-0.25, -0.2) is 0 Å². The Kier molecular flexibility index (Phi) is 8.05. The van der Waals surface area contributed by atoms with Gasteiger partial charge in [-0.3, -0.25) is 9.59 Å². The Balaban J connectivity index is 2.16. The summed E-state index contributed by atoms with van der Waals surface area (Å²) in [6.07, 6.45) is 4.19. The third-order valence-corrected chi connectivity index (χ3v) is 4.55. The van der Waals surface area contributed by atoms with Gasteiger partial charge in [0.2, 0.25) is 0 Å². The highest BCUT2D eigenvalue weighted by atomic mass is 16.2. The van der Waals surface area contributed by atoms with Gasteiger partial charge in [0.1, 0.15) is 0 Å². The SMILES string of the molecule is CCCCc1ccc(C(=O)Nc2ccc(N(C)C)c(C(=O)NCCC)c2)cc1. The predicted molar refractivity (Wildman–Crippen MR) is 116 cm³/mol. The van der Waals surface area contributed by atoms with Crippen molar-refractivity contribution in [2.75, 3.05) is 30.9 Å². The summed E-state index contributed by atoms with van der Waals surface area (Å²) >= 11 is 0. The number of hydrogen-bond acceptors (Lipinski definition) is 3. The van der Waals surface area contributed by atoms with E-state index in [-0.39, 0.29) is 11.8 Å². The van der Waals surface area contributed by atoms with Crippen LogP contribution >= 0.6 is 0 Å². The lowest BCUT2D eigenvalue weighted by atomic mass is 10.1. The molecule has 0 aliphatic rings. The molecule has 2 rings (SSSR count). The van der Waals surface area contributed by atoms with Crippen molar-refractivity contribution in [3.05, 3.63) is 59.2 Å². The largest absolute Gasteiger partial charge is 0.377 e. The second-order valence-corrected chi connectivity index (χ2v) is 7.14. The number of anilines is 2. The Hall–Kier alpha value is -2.82. The number of carbonyl (C=O) groups is 2. The van der Waals surface area contributed by atoms with E-state index < -0.39 is 0 Å². The lowest BCUT2D eigenvalue weighted by Crippen LogP contribution is -2.26. The summed E-state index contributed by atoms with van der Waals surface area (Å²) in [4.78, 5) is 27.0. The fourth-order valence-corrected chi connectivity index (χ4v) is 2.93. The van der Waals surface area contributed by atoms with Crippen molar-refractivity contribution < 1.29 is 9.59 Å². The monoisotopic (exact) mass is 381 g/mol. The highest BCUT2D eigenvalue weighted by molar-refractivity contribution is 6.06. The van der Waals surface area contributed by atoms with Gasteiger partial charge in [0.15, 0.2) is 0 Å². The molecule has 5 heteroatoms. The maximum absolute atomic E-state index is 12.6. The molecule has 0 saturated carbocycles. The van der Waals surface area contributed by atoms with Crippen molar-refractivity contribution in [1.29, 1.82) is 0 Å². The number of nitrogens with zero attached hydrogens (tertiary/aromatic N) is 1. The number of nitrogens with one attached hydrogen (secondary N) is 2. The van der Waals surface area contributed by atoms with Crippen LogP contribution in [0.25, 0.3) is 0 Å². The molecule has 0 heterocycles. The summed E-state index contributed by atoms with van der Waals surface area (Å²) < 4.78 is 0. The Morgan fingerprint density at radius 3 is 2.25 bits per heavy atom. The summed E-state index contributed by atoms with van der Waals surface area (Å²) in [6, 6.07) is 13.1. The van der Waals surface area contributed by atoms with Crippen LogP contribution in [-0.2, 0) is 6.42 Å². The number of benzene rings is 2. The van der Waals surface area contributed by atoms with Crippen molar-refractivity contribution in [3.8, 4) is 0 Å². The number of amides is 2. The van der Waals surface area contributed by atoms with E-state index in [0.29, 0.717) is 23.4 Å². The standard InChI is InChI=1S/C23H31N3O2/c1-5-7-8-17-9-11-18(12-10-17)22(27)25-19-13-14-21(26(3)4)20(16-19)23(28)24-15-6-2/h9-14,16H,5-8,15H2,1-4H3,(H,24,28)(H,25,27). The predicted octanol–water partition coefficient (Wildman–Crippen LogP) is 4.49. The number of hydrogen-bond donors (Lipinski definition) is 2. The van der Waals surface area contributed by atoms with Crippen LogP contribution in [0.5, 0.6) is 0 Å². The molecule has 0 saturated heterocycles. The molecule has 2 N–H and O–H groups in total. The number of carbonyl (C=O) groups excluding carboxylic acids is 2. The Labute approximate surface area is 168 Å². The molecule has 0 unspecified atom stereocenters. The number of aryl methyl sites for hydroxylation is 1. The van der Waals surface area contributed by atoms with Crippen LogP contribution in [0.3, 0.4) is 0 Å². The van der Waals surface area contributed by atoms with Crippen molar-refractivity contribution in [2.24, 2.45) is 0 Å². The van der Waals surface area contributed by atoms with Crippen molar-refractivity contribution in [1.82, 2.24) is 5.32 Å². The smallest absolute Gasteiger partial charge is 0.255 e. The molecule has 0 radical (unpaired) electrons. The number of rotatable bonds is 9. The first-order chi connectivity index (χ1) is 13.5. The molecule has 0 aromatic heterocycles. The molecule has 150 valence electrons. The van der Waals surface area contributed by atoms with Crippen LogP contribution in [-0.4, -0.2) is 32.5 Å². The van der Waals surface area contributed by atoms with Gasteiger partial charge in [0.05, 0.1) is 5.56 Å². The van der Waals surface area contributed by atoms with E-state index in [1.165, 1.54) is 5.56 Å². The van der Waals surface area contributed by atoms with E-state index in [9.17, 15) is 9.59 Å². The first kappa shape index (κ1) is 21.5. The zero-order valence-electron chi connectivity index (χ0n) is 17.3. The van der Waals surface area contributed by atoms with Gasteiger partial charge in [-0.2, -0.15) is 0 Å². The second-order valence-electron chi connectivity index (χ2n) is 7.14. The first-order valence-electron chi connectivity index (χ1n) is 9.96. The van der Waals surface area contributed by atoms with E-state index in [2.05, 4.69) is 17.6 Å². The third-order valence-electron chi connectivity index (χ3n) is 4.55. The summed E-state index contributed by atoms with van der Waals surface area (Å²) in [5.41, 5.74) is 3.81. The van der Waals surface area contributed by atoms with E-state index in [0.717, 1.165) is 31.4 Å². The minimum absolute atomic E-state index is 0.137. The normalized spacial score (nSPS) is 10.4. The highest BCUT2D eigenvalue weighted by Gasteiger charge is 2.15. The van der Waals surface area contributed by atoms with Gasteiger partial charge in [0, 0.05) is 37.6 Å². The van der Waals surface area contributed by atoms with Gasteiger partial charge in [-0.05, 0) is 55.2 Å². The Bertz CT molecular complexity index is 798. The topological polar surface area (TPSA) is 61.4 Å². The summed E-state index contributed by atoms with van der Waals surface area (Å²) in [5.74, 6) is -0.318. The molecule has 0 fully saturated rings. The molecule has 0 atom stereocenters. The van der Waals surface area contributed by atoms with Crippen LogP contribution < -0.4 is 15.5 Å². The van der Waals surface area contributed by atoms with E-state index in [4.69, 9.17) is 0 Å². The molecular weight excluding hydrogens is 350 g/mol. The van der Waals surface area contributed by atoms with Crippen molar-refractivity contribution in [2.45, 2.75) is 39.5 Å². The minimum atomic E-state index is -0.181. The maximum Gasteiger partial charge on any atom is 0.255 e. The Morgan fingerprint density at radius 2 is 1.64 bits per heavy atom. The van der Waals surface area contributed by atoms with Crippen LogP contribution in [0.15, 0.2) is 42.5 Å². The van der Waals surface area contributed by atoms with E-state index in [1.54, 1.807) is 6.07 Å². The van der Waals surface area contributed by atoms with Crippen molar-refractivity contribution in [3.63, 3.8) is 0 Å². The summed E-state index contributed by atoms with van der Waals surface area (Å²) in [7, 11) is 3.79. The lowest BCUT2D eigenvalue weighted by Gasteiger charge is -2.18. The summed E-state index contributed by atoms with van der Waals surface area (Å²) in [6.45, 7) is 4.80. The summed E-state index contributed by atoms with van der Waals surface area (Å²) in [5, 5.41) is 5.80. The van der Waals surface area contributed by atoms with Gasteiger partial charge in [0.25, 0.3) is 11.8 Å².